The van der Waals surface area contributed by atoms with Gasteiger partial charge in [0.1, 0.15) is 11.0 Å². The average Bonchev–Trinajstić information content (AvgIpc) is 3.14. The van der Waals surface area contributed by atoms with E-state index in [0.29, 0.717) is 21.5 Å². The van der Waals surface area contributed by atoms with Crippen molar-refractivity contribution in [3.63, 3.8) is 0 Å². The molecule has 0 aliphatic rings. The van der Waals surface area contributed by atoms with E-state index in [1.165, 1.54) is 11.3 Å². The minimum atomic E-state index is -1.30. The van der Waals surface area contributed by atoms with E-state index in [0.717, 1.165) is 11.7 Å². The van der Waals surface area contributed by atoms with Gasteiger partial charge in [0.05, 0.1) is 22.9 Å². The van der Waals surface area contributed by atoms with Gasteiger partial charge in [-0.15, -0.1) is 11.3 Å². The number of aromatic nitrogens is 2. The average molecular weight is 332 g/mol. The van der Waals surface area contributed by atoms with Crippen LogP contribution in [0.15, 0.2) is 35.7 Å². The van der Waals surface area contributed by atoms with Crippen molar-refractivity contribution >= 4 is 57.2 Å². The molecule has 2 heterocycles. The van der Waals surface area contributed by atoms with E-state index in [1.54, 1.807) is 35.7 Å². The molecule has 0 aliphatic carbocycles. The molecule has 3 aromatic rings. The van der Waals surface area contributed by atoms with Gasteiger partial charge in [0.2, 0.25) is 0 Å². The Labute approximate surface area is 132 Å². The predicted octanol–water partition coefficient (Wildman–Crippen LogP) is 2.83. The Morgan fingerprint density at radius 3 is 2.32 bits per heavy atom. The lowest BCUT2D eigenvalue weighted by molar-refractivity contribution is -0.132. The lowest BCUT2D eigenvalue weighted by atomic mass is 9.98. The maximum atomic E-state index is 11.7. The number of nitrogens with zero attached hydrogens (tertiary/aromatic N) is 2. The van der Waals surface area contributed by atoms with Crippen LogP contribution in [0.2, 0.25) is 0 Å². The minimum absolute atomic E-state index is 0.231. The maximum absolute atomic E-state index is 11.7. The van der Waals surface area contributed by atoms with Crippen molar-refractivity contribution in [3.8, 4) is 0 Å². The molecule has 0 unspecified atom stereocenters. The van der Waals surface area contributed by atoms with Crippen LogP contribution in [0.1, 0.15) is 10.4 Å². The van der Waals surface area contributed by atoms with Crippen molar-refractivity contribution < 1.29 is 19.8 Å². The minimum Gasteiger partial charge on any atom is -0.478 e. The Bertz CT molecular complexity index is 897. The number of benzene rings is 1. The largest absolute Gasteiger partial charge is 0.478 e. The van der Waals surface area contributed by atoms with Crippen LogP contribution in [-0.4, -0.2) is 30.9 Å². The quantitative estimate of drug-likeness (QED) is 0.713. The lowest BCUT2D eigenvalue weighted by Gasteiger charge is -2.08. The van der Waals surface area contributed by atoms with Crippen molar-refractivity contribution in [2.24, 2.45) is 0 Å². The van der Waals surface area contributed by atoms with Crippen LogP contribution < -0.4 is 0 Å². The molecule has 0 spiro atoms. The topological polar surface area (TPSA) is 100 Å². The Balaban J connectivity index is 2.29. The standard InChI is InChI=1S/C14H8N2O4S2/c17-13(18)11(12(14(19)20)10-2-1-5-21-10)7-3-4-8-9(6-7)16-22-15-8/h1-6H,(H,17,18)(H,19,20). The van der Waals surface area contributed by atoms with Crippen LogP contribution in [0.5, 0.6) is 0 Å². The van der Waals surface area contributed by atoms with Crippen LogP contribution in [0, 0.1) is 0 Å². The number of carboxylic acid groups (broad SMARTS) is 2. The highest BCUT2D eigenvalue weighted by molar-refractivity contribution is 7.11. The number of carbonyl (C=O) groups is 2. The first-order valence-corrected chi connectivity index (χ1v) is 7.66. The molecule has 0 bridgehead atoms. The number of carboxylic acids is 2. The van der Waals surface area contributed by atoms with Gasteiger partial charge in [-0.1, -0.05) is 12.1 Å². The summed E-state index contributed by atoms with van der Waals surface area (Å²) in [5, 5.41) is 20.7. The van der Waals surface area contributed by atoms with E-state index in [2.05, 4.69) is 8.75 Å². The molecule has 8 heteroatoms. The second-order valence-corrected chi connectivity index (χ2v) is 5.78. The first-order valence-electron chi connectivity index (χ1n) is 6.05. The van der Waals surface area contributed by atoms with Gasteiger partial charge in [-0.2, -0.15) is 8.75 Å². The monoisotopic (exact) mass is 332 g/mol. The zero-order valence-electron chi connectivity index (χ0n) is 10.9. The fourth-order valence-corrected chi connectivity index (χ4v) is 3.35. The summed E-state index contributed by atoms with van der Waals surface area (Å²) in [4.78, 5) is 23.6. The van der Waals surface area contributed by atoms with Gasteiger partial charge in [0.15, 0.2) is 0 Å². The van der Waals surface area contributed by atoms with Crippen molar-refractivity contribution in [2.45, 2.75) is 0 Å². The van der Waals surface area contributed by atoms with Crippen LogP contribution in [0.4, 0.5) is 0 Å². The second kappa shape index (κ2) is 5.66. The van der Waals surface area contributed by atoms with E-state index < -0.39 is 11.9 Å². The van der Waals surface area contributed by atoms with E-state index >= 15 is 0 Å². The fraction of sp³-hybridized carbons (Fsp3) is 0. The van der Waals surface area contributed by atoms with Crippen LogP contribution in [0.3, 0.4) is 0 Å². The second-order valence-electron chi connectivity index (χ2n) is 4.31. The van der Waals surface area contributed by atoms with Crippen molar-refractivity contribution in [1.82, 2.24) is 8.75 Å². The van der Waals surface area contributed by atoms with E-state index in [-0.39, 0.29) is 11.1 Å². The summed E-state index contributed by atoms with van der Waals surface area (Å²) in [6.07, 6.45) is 0. The molecule has 22 heavy (non-hydrogen) atoms. The summed E-state index contributed by atoms with van der Waals surface area (Å²) in [6, 6.07) is 7.98. The molecular weight excluding hydrogens is 324 g/mol. The molecule has 0 amide bonds. The molecule has 0 aliphatic heterocycles. The number of rotatable bonds is 4. The number of fused-ring (bicyclic) bond motifs is 1. The first-order chi connectivity index (χ1) is 10.6. The summed E-state index contributed by atoms with van der Waals surface area (Å²) in [5.74, 6) is -2.58. The molecule has 3 rings (SSSR count). The van der Waals surface area contributed by atoms with E-state index in [4.69, 9.17) is 0 Å². The summed E-state index contributed by atoms with van der Waals surface area (Å²) in [7, 11) is 0. The smallest absolute Gasteiger partial charge is 0.338 e. The normalized spacial score (nSPS) is 12.2. The lowest BCUT2D eigenvalue weighted by Crippen LogP contribution is -2.09. The molecule has 0 fully saturated rings. The molecule has 110 valence electrons. The van der Waals surface area contributed by atoms with Gasteiger partial charge in [-0.25, -0.2) is 9.59 Å². The molecule has 0 saturated heterocycles. The Morgan fingerprint density at radius 2 is 1.68 bits per heavy atom. The third-order valence-corrected chi connectivity index (χ3v) is 4.43. The Kier molecular flexibility index (Phi) is 3.70. The summed E-state index contributed by atoms with van der Waals surface area (Å²) < 4.78 is 8.10. The van der Waals surface area contributed by atoms with Gasteiger partial charge in [0.25, 0.3) is 0 Å². The number of hydrogen-bond acceptors (Lipinski definition) is 6. The zero-order chi connectivity index (χ0) is 15.7. The third-order valence-electron chi connectivity index (χ3n) is 2.99. The van der Waals surface area contributed by atoms with E-state index in [1.807, 2.05) is 0 Å². The third kappa shape index (κ3) is 2.49. The van der Waals surface area contributed by atoms with E-state index in [9.17, 15) is 19.8 Å². The molecule has 6 nitrogen and oxygen atoms in total. The van der Waals surface area contributed by atoms with Crippen LogP contribution in [-0.2, 0) is 9.59 Å². The van der Waals surface area contributed by atoms with Gasteiger partial charge in [0, 0.05) is 4.88 Å². The first kappa shape index (κ1) is 14.4. The van der Waals surface area contributed by atoms with Crippen molar-refractivity contribution in [3.05, 3.63) is 46.2 Å². The highest BCUT2D eigenvalue weighted by atomic mass is 32.1. The van der Waals surface area contributed by atoms with Crippen molar-refractivity contribution in [1.29, 1.82) is 0 Å². The predicted molar refractivity (Wildman–Crippen MR) is 83.8 cm³/mol. The fourth-order valence-electron chi connectivity index (χ4n) is 2.07. The Hall–Kier alpha value is -2.58. The van der Waals surface area contributed by atoms with Gasteiger partial charge < -0.3 is 10.2 Å². The summed E-state index contributed by atoms with van der Waals surface area (Å²) in [5.41, 5.74) is 0.983. The number of hydrogen-bond donors (Lipinski definition) is 2. The Morgan fingerprint density at radius 1 is 0.955 bits per heavy atom. The summed E-state index contributed by atoms with van der Waals surface area (Å²) >= 11 is 2.19. The van der Waals surface area contributed by atoms with Gasteiger partial charge in [-0.05, 0) is 29.1 Å². The zero-order valence-corrected chi connectivity index (χ0v) is 12.5. The van der Waals surface area contributed by atoms with Crippen LogP contribution >= 0.6 is 23.1 Å². The van der Waals surface area contributed by atoms with Crippen LogP contribution in [0.25, 0.3) is 22.2 Å². The molecule has 0 saturated carbocycles. The SMILES string of the molecule is O=C(O)C(=C(C(=O)O)c1cccs1)c1ccc2nsnc2c1. The number of aliphatic carboxylic acids is 2. The molecule has 2 aromatic heterocycles. The molecule has 0 atom stereocenters. The summed E-state index contributed by atoms with van der Waals surface area (Å²) in [6.45, 7) is 0. The molecular formula is C14H8N2O4S2. The maximum Gasteiger partial charge on any atom is 0.338 e. The van der Waals surface area contributed by atoms with Gasteiger partial charge in [-0.3, -0.25) is 0 Å². The molecule has 0 radical (unpaired) electrons. The van der Waals surface area contributed by atoms with Gasteiger partial charge >= 0.3 is 11.9 Å². The molecule has 2 N–H and O–H groups in total. The molecule has 1 aromatic carbocycles. The number of thiophene rings is 1. The highest BCUT2D eigenvalue weighted by Gasteiger charge is 2.24. The highest BCUT2D eigenvalue weighted by Crippen LogP contribution is 2.31. The van der Waals surface area contributed by atoms with Crippen molar-refractivity contribution in [2.75, 3.05) is 0 Å².